The molecule has 0 radical (unpaired) electrons. The molecular formula is C24H38N4O4. The van der Waals surface area contributed by atoms with Crippen LogP contribution in [0.15, 0.2) is 18.2 Å². The third-order valence-corrected chi connectivity index (χ3v) is 6.51. The summed E-state index contributed by atoms with van der Waals surface area (Å²) in [5.41, 5.74) is 0.702. The molecule has 1 atom stereocenters. The molecule has 1 aromatic carbocycles. The Bertz CT molecular complexity index is 805. The van der Waals surface area contributed by atoms with Gasteiger partial charge in [-0.05, 0) is 43.4 Å². The van der Waals surface area contributed by atoms with E-state index in [0.29, 0.717) is 43.6 Å². The van der Waals surface area contributed by atoms with Crippen LogP contribution in [0, 0.1) is 5.92 Å². The molecule has 2 fully saturated rings. The minimum absolute atomic E-state index is 0.0257. The molecule has 1 unspecified atom stereocenters. The van der Waals surface area contributed by atoms with Gasteiger partial charge in [-0.2, -0.15) is 0 Å². The zero-order chi connectivity index (χ0) is 23.3. The van der Waals surface area contributed by atoms with Crippen molar-refractivity contribution >= 4 is 11.9 Å². The number of hydrogen-bond acceptors (Lipinski definition) is 5. The van der Waals surface area contributed by atoms with Gasteiger partial charge in [-0.15, -0.1) is 0 Å². The lowest BCUT2D eigenvalue weighted by Gasteiger charge is -2.44. The Kier molecular flexibility index (Phi) is 7.87. The van der Waals surface area contributed by atoms with Crippen molar-refractivity contribution in [3.63, 3.8) is 0 Å². The molecule has 3 amide bonds. The van der Waals surface area contributed by atoms with Crippen LogP contribution in [0.25, 0.3) is 0 Å². The molecule has 0 saturated carbocycles. The first-order valence-electron chi connectivity index (χ1n) is 11.7. The van der Waals surface area contributed by atoms with Crippen LogP contribution in [0.1, 0.15) is 45.6 Å². The van der Waals surface area contributed by atoms with Gasteiger partial charge < -0.3 is 24.6 Å². The minimum atomic E-state index is -0.393. The maximum absolute atomic E-state index is 13.4. The van der Waals surface area contributed by atoms with Crippen molar-refractivity contribution in [3.8, 4) is 11.5 Å². The summed E-state index contributed by atoms with van der Waals surface area (Å²) in [7, 11) is 3.25. The first kappa shape index (κ1) is 24.2. The van der Waals surface area contributed by atoms with Gasteiger partial charge in [0.15, 0.2) is 11.5 Å². The van der Waals surface area contributed by atoms with Gasteiger partial charge in [0.25, 0.3) is 0 Å². The van der Waals surface area contributed by atoms with Crippen LogP contribution in [0.4, 0.5) is 4.79 Å². The highest BCUT2D eigenvalue weighted by Crippen LogP contribution is 2.35. The Labute approximate surface area is 191 Å². The van der Waals surface area contributed by atoms with E-state index < -0.39 is 5.66 Å². The SMILES string of the molecule is CCNC(=O)N1CCC2(CC1)NC(CC(C)C)C(=O)N2CCc1ccc(OC)c(OC)c1. The molecular weight excluding hydrogens is 408 g/mol. The molecule has 1 aromatic rings. The molecule has 1 spiro atoms. The van der Waals surface area contributed by atoms with Crippen LogP contribution in [-0.2, 0) is 11.2 Å². The van der Waals surface area contributed by atoms with E-state index in [-0.39, 0.29) is 18.0 Å². The first-order valence-corrected chi connectivity index (χ1v) is 11.7. The van der Waals surface area contributed by atoms with E-state index in [9.17, 15) is 9.59 Å². The summed E-state index contributed by atoms with van der Waals surface area (Å²) >= 11 is 0. The number of methoxy groups -OCH3 is 2. The summed E-state index contributed by atoms with van der Waals surface area (Å²) in [4.78, 5) is 29.6. The van der Waals surface area contributed by atoms with Crippen LogP contribution in [0.2, 0.25) is 0 Å². The normalized spacial score (nSPS) is 20.2. The van der Waals surface area contributed by atoms with Crippen LogP contribution >= 0.6 is 0 Å². The number of carbonyl (C=O) groups is 2. The summed E-state index contributed by atoms with van der Waals surface area (Å²) in [6.07, 6.45) is 3.00. The highest BCUT2D eigenvalue weighted by atomic mass is 16.5. The summed E-state index contributed by atoms with van der Waals surface area (Å²) in [6.45, 7) is 8.72. The third kappa shape index (κ3) is 5.11. The number of ether oxygens (including phenoxy) is 2. The Morgan fingerprint density at radius 3 is 2.50 bits per heavy atom. The smallest absolute Gasteiger partial charge is 0.317 e. The summed E-state index contributed by atoms with van der Waals surface area (Å²) in [5, 5.41) is 6.56. The quantitative estimate of drug-likeness (QED) is 0.641. The van der Waals surface area contributed by atoms with Gasteiger partial charge in [-0.25, -0.2) is 4.79 Å². The monoisotopic (exact) mass is 446 g/mol. The van der Waals surface area contributed by atoms with Gasteiger partial charge in [0.05, 0.1) is 25.9 Å². The third-order valence-electron chi connectivity index (χ3n) is 6.51. The number of piperidine rings is 1. The van der Waals surface area contributed by atoms with Crippen LogP contribution in [-0.4, -0.2) is 73.8 Å². The molecule has 8 heteroatoms. The van der Waals surface area contributed by atoms with E-state index in [0.717, 1.165) is 31.2 Å². The molecule has 2 heterocycles. The number of rotatable bonds is 8. The van der Waals surface area contributed by atoms with Crippen LogP contribution in [0.3, 0.4) is 0 Å². The number of nitrogens with one attached hydrogen (secondary N) is 2. The Hall–Kier alpha value is -2.48. The van der Waals surface area contributed by atoms with Gasteiger partial charge in [-0.1, -0.05) is 19.9 Å². The van der Waals surface area contributed by atoms with Gasteiger partial charge in [-0.3, -0.25) is 10.1 Å². The van der Waals surface area contributed by atoms with Crippen molar-refractivity contribution < 1.29 is 19.1 Å². The first-order chi connectivity index (χ1) is 15.3. The second-order valence-corrected chi connectivity index (χ2v) is 9.11. The Morgan fingerprint density at radius 2 is 1.91 bits per heavy atom. The van der Waals surface area contributed by atoms with E-state index in [1.807, 2.05) is 34.9 Å². The molecule has 2 N–H and O–H groups in total. The lowest BCUT2D eigenvalue weighted by atomic mass is 9.95. The maximum Gasteiger partial charge on any atom is 0.317 e. The molecule has 3 rings (SSSR count). The zero-order valence-corrected chi connectivity index (χ0v) is 20.1. The average molecular weight is 447 g/mol. The van der Waals surface area contributed by atoms with Crippen molar-refractivity contribution in [2.45, 2.75) is 58.2 Å². The van der Waals surface area contributed by atoms with Crippen LogP contribution in [0.5, 0.6) is 11.5 Å². The molecule has 0 aliphatic carbocycles. The number of urea groups is 1. The van der Waals surface area contributed by atoms with Gasteiger partial charge >= 0.3 is 6.03 Å². The average Bonchev–Trinajstić information content (AvgIpc) is 3.02. The summed E-state index contributed by atoms with van der Waals surface area (Å²) < 4.78 is 10.8. The molecule has 2 aliphatic rings. The zero-order valence-electron chi connectivity index (χ0n) is 20.1. The van der Waals surface area contributed by atoms with E-state index in [1.54, 1.807) is 14.2 Å². The number of hydrogen-bond donors (Lipinski definition) is 2. The number of amides is 3. The fourth-order valence-corrected chi connectivity index (χ4v) is 4.85. The van der Waals surface area contributed by atoms with Gasteiger partial charge in [0.2, 0.25) is 5.91 Å². The van der Waals surface area contributed by atoms with Gasteiger partial charge in [0.1, 0.15) is 0 Å². The summed E-state index contributed by atoms with van der Waals surface area (Å²) in [6, 6.07) is 5.70. The number of benzene rings is 1. The highest BCUT2D eigenvalue weighted by molar-refractivity contribution is 5.85. The maximum atomic E-state index is 13.4. The lowest BCUT2D eigenvalue weighted by Crippen LogP contribution is -2.60. The van der Waals surface area contributed by atoms with E-state index in [1.165, 1.54) is 0 Å². The van der Waals surface area contributed by atoms with E-state index in [4.69, 9.17) is 9.47 Å². The lowest BCUT2D eigenvalue weighted by molar-refractivity contribution is -0.133. The fraction of sp³-hybridized carbons (Fsp3) is 0.667. The highest BCUT2D eigenvalue weighted by Gasteiger charge is 2.51. The number of nitrogens with zero attached hydrogens (tertiary/aromatic N) is 2. The Balaban J connectivity index is 1.75. The fourth-order valence-electron chi connectivity index (χ4n) is 4.85. The predicted octanol–water partition coefficient (Wildman–Crippen LogP) is 2.61. The number of likely N-dealkylation sites (tertiary alicyclic amines) is 1. The van der Waals surface area contributed by atoms with Crippen LogP contribution < -0.4 is 20.1 Å². The minimum Gasteiger partial charge on any atom is -0.493 e. The molecule has 2 aliphatic heterocycles. The number of carbonyl (C=O) groups excluding carboxylic acids is 2. The van der Waals surface area contributed by atoms with Crippen molar-refractivity contribution in [3.05, 3.63) is 23.8 Å². The largest absolute Gasteiger partial charge is 0.493 e. The second-order valence-electron chi connectivity index (χ2n) is 9.11. The molecule has 8 nitrogen and oxygen atoms in total. The van der Waals surface area contributed by atoms with Crippen molar-refractivity contribution in [2.75, 3.05) is 40.4 Å². The second kappa shape index (κ2) is 10.4. The van der Waals surface area contributed by atoms with E-state index >= 15 is 0 Å². The summed E-state index contributed by atoms with van der Waals surface area (Å²) in [5.74, 6) is 1.99. The predicted molar refractivity (Wildman–Crippen MR) is 124 cm³/mol. The van der Waals surface area contributed by atoms with E-state index in [2.05, 4.69) is 24.5 Å². The topological polar surface area (TPSA) is 83.1 Å². The molecule has 2 saturated heterocycles. The van der Waals surface area contributed by atoms with Gasteiger partial charge in [0, 0.05) is 39.0 Å². The molecule has 178 valence electrons. The Morgan fingerprint density at radius 1 is 1.22 bits per heavy atom. The standard InChI is InChI=1S/C24H38N4O4/c1-6-25-23(30)27-13-10-24(11-14-27)26-19(15-17(2)3)22(29)28(24)12-9-18-7-8-20(31-4)21(16-18)32-5/h7-8,16-17,19,26H,6,9-15H2,1-5H3,(H,25,30). The van der Waals surface area contributed by atoms with Crippen molar-refractivity contribution in [2.24, 2.45) is 5.92 Å². The van der Waals surface area contributed by atoms with Crippen molar-refractivity contribution in [1.82, 2.24) is 20.4 Å². The van der Waals surface area contributed by atoms with Crippen molar-refractivity contribution in [1.29, 1.82) is 0 Å². The molecule has 0 bridgehead atoms. The molecule has 0 aromatic heterocycles. The molecule has 32 heavy (non-hydrogen) atoms.